The Bertz CT molecular complexity index is 909. The maximum Gasteiger partial charge on any atom is 0.243 e. The number of rotatable bonds is 9. The van der Waals surface area contributed by atoms with Crippen molar-refractivity contribution < 1.29 is 18.8 Å². The lowest BCUT2D eigenvalue weighted by Gasteiger charge is -2.02. The van der Waals surface area contributed by atoms with Crippen molar-refractivity contribution in [1.29, 1.82) is 0 Å². The van der Waals surface area contributed by atoms with Crippen LogP contribution in [0.15, 0.2) is 59.0 Å². The van der Waals surface area contributed by atoms with Gasteiger partial charge in [0.1, 0.15) is 11.5 Å². The predicted octanol–water partition coefficient (Wildman–Crippen LogP) is 5.15. The average Bonchev–Trinajstić information content (AvgIpc) is 3.15. The van der Waals surface area contributed by atoms with Crippen molar-refractivity contribution in [2.45, 2.75) is 38.5 Å². The summed E-state index contributed by atoms with van der Waals surface area (Å²) in [5.74, 6) is 0.309. The van der Waals surface area contributed by atoms with Crippen molar-refractivity contribution in [3.8, 4) is 22.6 Å². The second-order valence-electron chi connectivity index (χ2n) is 6.58. The number of nitrogens with one attached hydrogen (secondary N) is 1. The van der Waals surface area contributed by atoms with E-state index < -0.39 is 0 Å². The fourth-order valence-corrected chi connectivity index (χ4v) is 3.06. The largest absolute Gasteiger partial charge is 0.440 e. The Morgan fingerprint density at radius 2 is 1.71 bits per heavy atom. The lowest BCUT2D eigenvalue weighted by atomic mass is 10.1. The molecular formula is C22H23FN2O3. The third-order valence-corrected chi connectivity index (χ3v) is 4.51. The van der Waals surface area contributed by atoms with E-state index >= 15 is 0 Å². The van der Waals surface area contributed by atoms with Crippen molar-refractivity contribution in [3.63, 3.8) is 0 Å². The molecule has 0 saturated carbocycles. The molecule has 0 aliphatic heterocycles. The van der Waals surface area contributed by atoms with E-state index in [1.807, 2.05) is 30.3 Å². The number of unbranched alkanes of at least 4 members (excludes halogenated alkanes) is 3. The lowest BCUT2D eigenvalue weighted by molar-refractivity contribution is -0.129. The van der Waals surface area contributed by atoms with Crippen LogP contribution in [0.5, 0.6) is 0 Å². The minimum atomic E-state index is -0.366. The molecule has 6 heteroatoms. The van der Waals surface area contributed by atoms with Crippen LogP contribution in [0, 0.1) is 5.82 Å². The summed E-state index contributed by atoms with van der Waals surface area (Å²) in [6.45, 7) is 0. The first kappa shape index (κ1) is 19.8. The van der Waals surface area contributed by atoms with Gasteiger partial charge < -0.3 is 4.42 Å². The molecule has 1 amide bonds. The third-order valence-electron chi connectivity index (χ3n) is 4.51. The molecule has 2 N–H and O–H groups in total. The number of hydrogen-bond donors (Lipinski definition) is 2. The van der Waals surface area contributed by atoms with Crippen molar-refractivity contribution in [2.24, 2.45) is 0 Å². The molecule has 3 aromatic rings. The van der Waals surface area contributed by atoms with Crippen LogP contribution in [-0.2, 0) is 11.2 Å². The van der Waals surface area contributed by atoms with E-state index in [9.17, 15) is 9.18 Å². The summed E-state index contributed by atoms with van der Waals surface area (Å²) >= 11 is 0. The first-order chi connectivity index (χ1) is 13.7. The highest BCUT2D eigenvalue weighted by atomic mass is 19.1. The number of oxazole rings is 1. The second-order valence-corrected chi connectivity index (χ2v) is 6.58. The summed E-state index contributed by atoms with van der Waals surface area (Å²) in [5, 5.41) is 8.47. The van der Waals surface area contributed by atoms with Gasteiger partial charge in [-0.15, -0.1) is 0 Å². The van der Waals surface area contributed by atoms with Gasteiger partial charge in [-0.2, -0.15) is 0 Å². The molecule has 0 atom stereocenters. The van der Waals surface area contributed by atoms with E-state index in [1.54, 1.807) is 23.7 Å². The number of amides is 1. The number of hydrogen-bond acceptors (Lipinski definition) is 4. The second kappa shape index (κ2) is 9.80. The first-order valence-electron chi connectivity index (χ1n) is 9.42. The van der Waals surface area contributed by atoms with Gasteiger partial charge >= 0.3 is 0 Å². The van der Waals surface area contributed by atoms with E-state index in [2.05, 4.69) is 4.98 Å². The van der Waals surface area contributed by atoms with Crippen molar-refractivity contribution in [3.05, 3.63) is 66.3 Å². The zero-order chi connectivity index (χ0) is 19.8. The Morgan fingerprint density at radius 3 is 2.46 bits per heavy atom. The Morgan fingerprint density at radius 1 is 1.00 bits per heavy atom. The SMILES string of the molecule is O=C(CCCCCCc1nc(-c2ccccc2)c(-c2ccccc2F)o1)NO. The molecule has 1 heterocycles. The fourth-order valence-electron chi connectivity index (χ4n) is 3.06. The molecule has 0 aliphatic rings. The number of benzene rings is 2. The molecule has 0 fully saturated rings. The van der Waals surface area contributed by atoms with Crippen LogP contribution in [0.25, 0.3) is 22.6 Å². The molecular weight excluding hydrogens is 359 g/mol. The highest BCUT2D eigenvalue weighted by Crippen LogP contribution is 2.34. The third kappa shape index (κ3) is 5.04. The smallest absolute Gasteiger partial charge is 0.243 e. The van der Waals surface area contributed by atoms with Crippen LogP contribution < -0.4 is 5.48 Å². The molecule has 2 aromatic carbocycles. The van der Waals surface area contributed by atoms with E-state index in [0.717, 1.165) is 24.8 Å². The average molecular weight is 382 g/mol. The number of nitrogens with zero attached hydrogens (tertiary/aromatic N) is 1. The van der Waals surface area contributed by atoms with Crippen molar-refractivity contribution in [2.75, 3.05) is 0 Å². The van der Waals surface area contributed by atoms with Crippen molar-refractivity contribution >= 4 is 5.91 Å². The van der Waals surface area contributed by atoms with Crippen LogP contribution in [0.1, 0.15) is 38.0 Å². The van der Waals surface area contributed by atoms with Gasteiger partial charge in [0, 0.05) is 18.4 Å². The maximum atomic E-state index is 14.3. The van der Waals surface area contributed by atoms with Gasteiger partial charge in [0.25, 0.3) is 0 Å². The van der Waals surface area contributed by atoms with E-state index in [4.69, 9.17) is 9.62 Å². The topological polar surface area (TPSA) is 75.4 Å². The minimum absolute atomic E-state index is 0.311. The van der Waals surface area contributed by atoms with Gasteiger partial charge in [-0.05, 0) is 25.0 Å². The highest BCUT2D eigenvalue weighted by Gasteiger charge is 2.19. The number of carbonyl (C=O) groups excluding carboxylic acids is 1. The van der Waals surface area contributed by atoms with E-state index in [-0.39, 0.29) is 11.7 Å². The molecule has 0 radical (unpaired) electrons. The molecule has 0 unspecified atom stereocenters. The van der Waals surface area contributed by atoms with Crippen LogP contribution >= 0.6 is 0 Å². The van der Waals surface area contributed by atoms with Gasteiger partial charge in [0.05, 0.1) is 5.56 Å². The maximum absolute atomic E-state index is 14.3. The first-order valence-corrected chi connectivity index (χ1v) is 9.42. The molecule has 0 saturated heterocycles. The van der Waals surface area contributed by atoms with Crippen LogP contribution in [0.4, 0.5) is 4.39 Å². The van der Waals surface area contributed by atoms with Gasteiger partial charge in [-0.3, -0.25) is 10.0 Å². The monoisotopic (exact) mass is 382 g/mol. The van der Waals surface area contributed by atoms with Gasteiger partial charge in [0.15, 0.2) is 11.7 Å². The zero-order valence-corrected chi connectivity index (χ0v) is 15.5. The number of aryl methyl sites for hydroxylation is 1. The predicted molar refractivity (Wildman–Crippen MR) is 104 cm³/mol. The summed E-state index contributed by atoms with van der Waals surface area (Å²) in [6, 6.07) is 16.1. The molecule has 5 nitrogen and oxygen atoms in total. The Hall–Kier alpha value is -2.99. The number of hydroxylamine groups is 1. The summed E-state index contributed by atoms with van der Waals surface area (Å²) in [4.78, 5) is 15.6. The number of halogens is 1. The molecule has 0 spiro atoms. The zero-order valence-electron chi connectivity index (χ0n) is 15.5. The van der Waals surface area contributed by atoms with Gasteiger partial charge in [-0.1, -0.05) is 55.3 Å². The van der Waals surface area contributed by atoms with Gasteiger partial charge in [0.2, 0.25) is 5.91 Å². The quantitative estimate of drug-likeness (QED) is 0.305. The summed E-state index contributed by atoms with van der Waals surface area (Å²) in [7, 11) is 0. The van der Waals surface area contributed by atoms with E-state index in [0.29, 0.717) is 42.2 Å². The number of aromatic nitrogens is 1. The Balaban J connectivity index is 1.71. The lowest BCUT2D eigenvalue weighted by Crippen LogP contribution is -2.17. The van der Waals surface area contributed by atoms with Crippen LogP contribution in [0.2, 0.25) is 0 Å². The van der Waals surface area contributed by atoms with E-state index in [1.165, 1.54) is 6.07 Å². The van der Waals surface area contributed by atoms with Gasteiger partial charge in [-0.25, -0.2) is 14.9 Å². The molecule has 0 bridgehead atoms. The summed E-state index contributed by atoms with van der Waals surface area (Å²) in [5.41, 5.74) is 3.55. The fraction of sp³-hybridized carbons (Fsp3) is 0.273. The summed E-state index contributed by atoms with van der Waals surface area (Å²) < 4.78 is 20.3. The normalized spacial score (nSPS) is 10.8. The van der Waals surface area contributed by atoms with Crippen LogP contribution in [0.3, 0.4) is 0 Å². The molecule has 0 aliphatic carbocycles. The molecule has 1 aromatic heterocycles. The Labute approximate surface area is 163 Å². The van der Waals surface area contributed by atoms with Crippen molar-refractivity contribution in [1.82, 2.24) is 10.5 Å². The van der Waals surface area contributed by atoms with Crippen LogP contribution in [-0.4, -0.2) is 16.1 Å². The molecule has 28 heavy (non-hydrogen) atoms. The molecule has 3 rings (SSSR count). The summed E-state index contributed by atoms with van der Waals surface area (Å²) in [6.07, 6.45) is 4.31. The Kier molecular flexibility index (Phi) is 6.92. The standard InChI is InChI=1S/C22H23FN2O3/c23-18-13-9-8-12-17(18)22-21(16-10-4-3-5-11-16)24-20(28-22)15-7-2-1-6-14-19(26)25-27/h3-5,8-13,27H,1-2,6-7,14-15H2,(H,25,26). The molecule has 146 valence electrons. The number of carbonyl (C=O) groups is 1. The highest BCUT2D eigenvalue weighted by molar-refractivity contribution is 5.77. The minimum Gasteiger partial charge on any atom is -0.440 e.